The lowest BCUT2D eigenvalue weighted by Gasteiger charge is -2.13. The predicted molar refractivity (Wildman–Crippen MR) is 81.1 cm³/mol. The second kappa shape index (κ2) is 6.58. The fraction of sp³-hybridized carbons (Fsp3) is 0.533. The van der Waals surface area contributed by atoms with Gasteiger partial charge in [0.15, 0.2) is 0 Å². The van der Waals surface area contributed by atoms with Crippen molar-refractivity contribution in [3.8, 4) is 0 Å². The smallest absolute Gasteiger partial charge is 0.238 e. The highest BCUT2D eigenvalue weighted by molar-refractivity contribution is 7.89. The highest BCUT2D eigenvalue weighted by Gasteiger charge is 2.24. The fourth-order valence-electron chi connectivity index (χ4n) is 2.22. The standard InChI is InChI=1S/C15H22N2O3S/c1-11(17-15(18)10-13-4-5-13)2-3-12-6-8-14(9-7-12)21(16,19)20/h6-9,11,13H,2-5,10H2,1H3,(H,17,18)(H2,16,19,20). The summed E-state index contributed by atoms with van der Waals surface area (Å²) in [6, 6.07) is 6.67. The summed E-state index contributed by atoms with van der Waals surface area (Å²) in [4.78, 5) is 11.8. The first-order chi connectivity index (χ1) is 9.84. The number of rotatable bonds is 7. The number of sulfonamides is 1. The second-order valence-electron chi connectivity index (χ2n) is 5.84. The molecule has 1 aromatic rings. The summed E-state index contributed by atoms with van der Waals surface area (Å²) in [6.45, 7) is 1.99. The molecule has 1 saturated carbocycles. The molecule has 5 nitrogen and oxygen atoms in total. The molecule has 21 heavy (non-hydrogen) atoms. The van der Waals surface area contributed by atoms with Crippen LogP contribution in [0.25, 0.3) is 0 Å². The summed E-state index contributed by atoms with van der Waals surface area (Å²) in [5, 5.41) is 8.06. The van der Waals surface area contributed by atoms with Crippen molar-refractivity contribution in [2.45, 2.75) is 50.0 Å². The van der Waals surface area contributed by atoms with E-state index in [0.29, 0.717) is 12.3 Å². The van der Waals surface area contributed by atoms with Crippen LogP contribution in [0, 0.1) is 5.92 Å². The minimum absolute atomic E-state index is 0.120. The summed E-state index contributed by atoms with van der Waals surface area (Å²) in [6.07, 6.45) is 4.62. The van der Waals surface area contributed by atoms with E-state index in [1.54, 1.807) is 12.1 Å². The van der Waals surface area contributed by atoms with Crippen molar-refractivity contribution in [3.63, 3.8) is 0 Å². The molecule has 0 saturated heterocycles. The largest absolute Gasteiger partial charge is 0.354 e. The molecule has 0 aliphatic heterocycles. The number of nitrogens with two attached hydrogens (primary N) is 1. The van der Waals surface area contributed by atoms with Crippen molar-refractivity contribution < 1.29 is 13.2 Å². The minimum Gasteiger partial charge on any atom is -0.354 e. The van der Waals surface area contributed by atoms with Crippen LogP contribution in [0.1, 0.15) is 38.2 Å². The van der Waals surface area contributed by atoms with Crippen molar-refractivity contribution in [2.24, 2.45) is 11.1 Å². The third-order valence-corrected chi connectivity index (χ3v) is 4.63. The zero-order valence-corrected chi connectivity index (χ0v) is 13.0. The molecule has 116 valence electrons. The Labute approximate surface area is 126 Å². The summed E-state index contributed by atoms with van der Waals surface area (Å²) in [5.74, 6) is 0.734. The molecular formula is C15H22N2O3S. The van der Waals surface area contributed by atoms with E-state index in [1.165, 1.54) is 25.0 Å². The molecule has 3 N–H and O–H groups in total. The van der Waals surface area contributed by atoms with Gasteiger partial charge in [-0.05, 0) is 56.2 Å². The molecule has 0 spiro atoms. The third kappa shape index (κ3) is 5.47. The first kappa shape index (κ1) is 16.0. The van der Waals surface area contributed by atoms with Crippen LogP contribution in [0.4, 0.5) is 0 Å². The molecule has 6 heteroatoms. The summed E-state index contributed by atoms with van der Waals surface area (Å²) >= 11 is 0. The maximum atomic E-state index is 11.7. The topological polar surface area (TPSA) is 89.3 Å². The van der Waals surface area contributed by atoms with Crippen LogP contribution in [0.15, 0.2) is 29.2 Å². The van der Waals surface area contributed by atoms with Crippen molar-refractivity contribution >= 4 is 15.9 Å². The van der Waals surface area contributed by atoms with E-state index in [-0.39, 0.29) is 16.8 Å². The fourth-order valence-corrected chi connectivity index (χ4v) is 2.73. The molecule has 1 aliphatic carbocycles. The Kier molecular flexibility index (Phi) is 5.00. The second-order valence-corrected chi connectivity index (χ2v) is 7.41. The van der Waals surface area contributed by atoms with Gasteiger partial charge in [0.1, 0.15) is 0 Å². The van der Waals surface area contributed by atoms with E-state index in [2.05, 4.69) is 5.32 Å². The molecule has 1 aromatic carbocycles. The highest BCUT2D eigenvalue weighted by atomic mass is 32.2. The quantitative estimate of drug-likeness (QED) is 0.801. The Morgan fingerprint density at radius 1 is 1.33 bits per heavy atom. The van der Waals surface area contributed by atoms with E-state index in [9.17, 15) is 13.2 Å². The summed E-state index contributed by atoms with van der Waals surface area (Å²) < 4.78 is 22.3. The number of aryl methyl sites for hydroxylation is 1. The number of hydrogen-bond donors (Lipinski definition) is 2. The van der Waals surface area contributed by atoms with Gasteiger partial charge < -0.3 is 5.32 Å². The Balaban J connectivity index is 1.77. The van der Waals surface area contributed by atoms with Crippen molar-refractivity contribution in [3.05, 3.63) is 29.8 Å². The average Bonchev–Trinajstić information content (AvgIpc) is 3.19. The molecule has 1 unspecified atom stereocenters. The first-order valence-corrected chi connectivity index (χ1v) is 8.80. The Morgan fingerprint density at radius 3 is 2.48 bits per heavy atom. The van der Waals surface area contributed by atoms with Crippen molar-refractivity contribution in [2.75, 3.05) is 0 Å². The van der Waals surface area contributed by atoms with Gasteiger partial charge in [0.25, 0.3) is 0 Å². The molecule has 0 radical (unpaired) electrons. The Bertz CT molecular complexity index is 592. The lowest BCUT2D eigenvalue weighted by Crippen LogP contribution is -2.33. The molecule has 1 aliphatic rings. The van der Waals surface area contributed by atoms with Gasteiger partial charge in [0, 0.05) is 12.5 Å². The van der Waals surface area contributed by atoms with Gasteiger partial charge in [-0.2, -0.15) is 0 Å². The van der Waals surface area contributed by atoms with Crippen LogP contribution in [0.2, 0.25) is 0 Å². The van der Waals surface area contributed by atoms with Gasteiger partial charge in [0.05, 0.1) is 4.90 Å². The van der Waals surface area contributed by atoms with E-state index >= 15 is 0 Å². The van der Waals surface area contributed by atoms with Crippen LogP contribution in [-0.2, 0) is 21.2 Å². The van der Waals surface area contributed by atoms with E-state index < -0.39 is 10.0 Å². The zero-order chi connectivity index (χ0) is 15.5. The number of hydrogen-bond acceptors (Lipinski definition) is 3. The number of amides is 1. The number of benzene rings is 1. The monoisotopic (exact) mass is 310 g/mol. The van der Waals surface area contributed by atoms with Crippen molar-refractivity contribution in [1.82, 2.24) is 5.32 Å². The van der Waals surface area contributed by atoms with E-state index in [1.807, 2.05) is 6.92 Å². The average molecular weight is 310 g/mol. The highest BCUT2D eigenvalue weighted by Crippen LogP contribution is 2.32. The first-order valence-electron chi connectivity index (χ1n) is 7.25. The third-order valence-electron chi connectivity index (χ3n) is 3.70. The van der Waals surface area contributed by atoms with Gasteiger partial charge in [-0.1, -0.05) is 12.1 Å². The zero-order valence-electron chi connectivity index (χ0n) is 12.2. The van der Waals surface area contributed by atoms with Crippen LogP contribution in [0.5, 0.6) is 0 Å². The number of nitrogens with one attached hydrogen (secondary N) is 1. The minimum atomic E-state index is -3.63. The van der Waals surface area contributed by atoms with Gasteiger partial charge in [-0.25, -0.2) is 13.6 Å². The maximum absolute atomic E-state index is 11.7. The lowest BCUT2D eigenvalue weighted by atomic mass is 10.1. The predicted octanol–water partition coefficient (Wildman–Crippen LogP) is 1.57. The van der Waals surface area contributed by atoms with E-state index in [4.69, 9.17) is 5.14 Å². The van der Waals surface area contributed by atoms with Gasteiger partial charge in [-0.15, -0.1) is 0 Å². The number of carbonyl (C=O) groups excluding carboxylic acids is 1. The van der Waals surface area contributed by atoms with Crippen LogP contribution in [-0.4, -0.2) is 20.4 Å². The SMILES string of the molecule is CC(CCc1ccc(S(N)(=O)=O)cc1)NC(=O)CC1CC1. The van der Waals surface area contributed by atoms with E-state index in [0.717, 1.165) is 18.4 Å². The molecule has 0 aromatic heterocycles. The molecule has 1 amide bonds. The maximum Gasteiger partial charge on any atom is 0.238 e. The molecule has 1 atom stereocenters. The molecule has 2 rings (SSSR count). The molecule has 1 fully saturated rings. The molecule has 0 bridgehead atoms. The van der Waals surface area contributed by atoms with Crippen LogP contribution in [0.3, 0.4) is 0 Å². The van der Waals surface area contributed by atoms with Crippen molar-refractivity contribution in [1.29, 1.82) is 0 Å². The molecule has 0 heterocycles. The van der Waals surface area contributed by atoms with Crippen LogP contribution >= 0.6 is 0 Å². The molecular weight excluding hydrogens is 288 g/mol. The normalized spacial score (nSPS) is 16.5. The number of primary sulfonamides is 1. The van der Waals surface area contributed by atoms with Gasteiger partial charge >= 0.3 is 0 Å². The number of carbonyl (C=O) groups is 1. The summed E-state index contributed by atoms with van der Waals surface area (Å²) in [5.41, 5.74) is 1.03. The van der Waals surface area contributed by atoms with Gasteiger partial charge in [0.2, 0.25) is 15.9 Å². The van der Waals surface area contributed by atoms with Gasteiger partial charge in [-0.3, -0.25) is 4.79 Å². The van der Waals surface area contributed by atoms with Crippen LogP contribution < -0.4 is 10.5 Å². The summed E-state index contributed by atoms with van der Waals surface area (Å²) in [7, 11) is -3.63. The Morgan fingerprint density at radius 2 is 1.95 bits per heavy atom. The lowest BCUT2D eigenvalue weighted by molar-refractivity contribution is -0.122. The Hall–Kier alpha value is -1.40.